The van der Waals surface area contributed by atoms with Crippen molar-refractivity contribution in [2.75, 3.05) is 26.9 Å². The van der Waals surface area contributed by atoms with Gasteiger partial charge in [-0.3, -0.25) is 0 Å². The van der Waals surface area contributed by atoms with Gasteiger partial charge in [0.1, 0.15) is 0 Å². The molecule has 1 aromatic carbocycles. The molecule has 0 bridgehead atoms. The van der Waals surface area contributed by atoms with Crippen LogP contribution in [0.5, 0.6) is 11.5 Å². The van der Waals surface area contributed by atoms with E-state index >= 15 is 0 Å². The van der Waals surface area contributed by atoms with Gasteiger partial charge < -0.3 is 19.9 Å². The minimum atomic E-state index is -0.192. The summed E-state index contributed by atoms with van der Waals surface area (Å²) in [5.74, 6) is 1.57. The second-order valence-electron chi connectivity index (χ2n) is 4.87. The van der Waals surface area contributed by atoms with Gasteiger partial charge in [0.15, 0.2) is 11.5 Å². The number of aliphatic hydroxyl groups is 1. The zero-order valence-corrected chi connectivity index (χ0v) is 12.8. The van der Waals surface area contributed by atoms with Crippen LogP contribution in [0.2, 0.25) is 0 Å². The van der Waals surface area contributed by atoms with E-state index in [-0.39, 0.29) is 12.1 Å². The molecule has 1 atom stereocenters. The monoisotopic (exact) mass is 281 g/mol. The highest BCUT2D eigenvalue weighted by Gasteiger charge is 2.24. The second kappa shape index (κ2) is 8.82. The van der Waals surface area contributed by atoms with Gasteiger partial charge in [0.25, 0.3) is 0 Å². The summed E-state index contributed by atoms with van der Waals surface area (Å²) in [5, 5.41) is 12.7. The number of likely N-dealkylation sites (N-methyl/N-ethyl adjacent to an activating group) is 1. The molecular formula is C16H27NO3. The van der Waals surface area contributed by atoms with Crippen molar-refractivity contribution in [2.45, 2.75) is 38.6 Å². The number of hydrogen-bond donors (Lipinski definition) is 2. The molecule has 20 heavy (non-hydrogen) atoms. The number of benzene rings is 1. The van der Waals surface area contributed by atoms with Crippen molar-refractivity contribution in [3.8, 4) is 11.5 Å². The van der Waals surface area contributed by atoms with Crippen molar-refractivity contribution >= 4 is 0 Å². The Kier molecular flexibility index (Phi) is 7.41. The Labute approximate surface area is 122 Å². The van der Waals surface area contributed by atoms with Crippen LogP contribution in [0.25, 0.3) is 0 Å². The highest BCUT2D eigenvalue weighted by atomic mass is 16.5. The Balaban J connectivity index is 2.45. The average Bonchev–Trinajstić information content (AvgIpc) is 2.50. The lowest BCUT2D eigenvalue weighted by Gasteiger charge is -2.30. The third-order valence-electron chi connectivity index (χ3n) is 3.72. The molecule has 0 saturated carbocycles. The summed E-state index contributed by atoms with van der Waals surface area (Å²) in [7, 11) is 1.89. The van der Waals surface area contributed by atoms with Gasteiger partial charge in [-0.25, -0.2) is 0 Å². The summed E-state index contributed by atoms with van der Waals surface area (Å²) < 4.78 is 11.3. The smallest absolute Gasteiger partial charge is 0.161 e. The first-order valence-electron chi connectivity index (χ1n) is 7.35. The van der Waals surface area contributed by atoms with E-state index in [1.54, 1.807) is 0 Å². The lowest BCUT2D eigenvalue weighted by atomic mass is 9.92. The van der Waals surface area contributed by atoms with Crippen molar-refractivity contribution in [1.29, 1.82) is 0 Å². The minimum absolute atomic E-state index is 0.148. The first-order valence-corrected chi connectivity index (χ1v) is 7.35. The van der Waals surface area contributed by atoms with Crippen LogP contribution < -0.4 is 14.8 Å². The van der Waals surface area contributed by atoms with Crippen LogP contribution in [0, 0.1) is 0 Å². The van der Waals surface area contributed by atoms with Crippen LogP contribution in [0.3, 0.4) is 0 Å². The number of rotatable bonds is 10. The largest absolute Gasteiger partial charge is 0.490 e. The standard InChI is InChI=1S/C16H27NO3/c1-4-16(13-18,17-3)11-8-12-20-15-10-7-6-9-14(15)19-5-2/h6-7,9-10,17-18H,4-5,8,11-13H2,1-3H3. The fourth-order valence-corrected chi connectivity index (χ4v) is 2.19. The highest BCUT2D eigenvalue weighted by molar-refractivity contribution is 5.39. The van der Waals surface area contributed by atoms with Gasteiger partial charge in [-0.2, -0.15) is 0 Å². The molecule has 4 heteroatoms. The van der Waals surface area contributed by atoms with Crippen LogP contribution >= 0.6 is 0 Å². The molecule has 0 saturated heterocycles. The summed E-state index contributed by atoms with van der Waals surface area (Å²) in [6.07, 6.45) is 2.67. The molecule has 1 aromatic rings. The average molecular weight is 281 g/mol. The van der Waals surface area contributed by atoms with E-state index in [9.17, 15) is 5.11 Å². The van der Waals surface area contributed by atoms with E-state index in [4.69, 9.17) is 9.47 Å². The van der Waals surface area contributed by atoms with E-state index in [0.717, 1.165) is 30.8 Å². The highest BCUT2D eigenvalue weighted by Crippen LogP contribution is 2.26. The van der Waals surface area contributed by atoms with Gasteiger partial charge in [-0.1, -0.05) is 19.1 Å². The summed E-state index contributed by atoms with van der Waals surface area (Å²) in [4.78, 5) is 0. The van der Waals surface area contributed by atoms with Crippen LogP contribution in [0.1, 0.15) is 33.1 Å². The van der Waals surface area contributed by atoms with Crippen LogP contribution in [0.15, 0.2) is 24.3 Å². The maximum Gasteiger partial charge on any atom is 0.161 e. The number of para-hydroxylation sites is 2. The molecule has 0 spiro atoms. The van der Waals surface area contributed by atoms with Crippen LogP contribution in [0.4, 0.5) is 0 Å². The molecule has 0 fully saturated rings. The van der Waals surface area contributed by atoms with E-state index < -0.39 is 0 Å². The first kappa shape index (κ1) is 16.8. The Hall–Kier alpha value is -1.26. The zero-order valence-electron chi connectivity index (χ0n) is 12.8. The third-order valence-corrected chi connectivity index (χ3v) is 3.72. The molecule has 0 heterocycles. The fourth-order valence-electron chi connectivity index (χ4n) is 2.19. The summed E-state index contributed by atoms with van der Waals surface area (Å²) in [6, 6.07) is 7.71. The molecule has 1 unspecified atom stereocenters. The molecule has 0 aliphatic rings. The Bertz CT molecular complexity index is 369. The molecule has 4 nitrogen and oxygen atoms in total. The van der Waals surface area contributed by atoms with Crippen molar-refractivity contribution in [3.05, 3.63) is 24.3 Å². The number of nitrogens with one attached hydrogen (secondary N) is 1. The van der Waals surface area contributed by atoms with Gasteiger partial charge in [-0.05, 0) is 45.4 Å². The van der Waals surface area contributed by atoms with E-state index in [0.29, 0.717) is 13.2 Å². The number of hydrogen-bond acceptors (Lipinski definition) is 4. The minimum Gasteiger partial charge on any atom is -0.490 e. The van der Waals surface area contributed by atoms with Crippen molar-refractivity contribution < 1.29 is 14.6 Å². The predicted molar refractivity (Wildman–Crippen MR) is 81.5 cm³/mol. The van der Waals surface area contributed by atoms with Crippen LogP contribution in [-0.2, 0) is 0 Å². The van der Waals surface area contributed by atoms with E-state index in [1.165, 1.54) is 0 Å². The molecule has 0 radical (unpaired) electrons. The Morgan fingerprint density at radius 3 is 2.30 bits per heavy atom. The van der Waals surface area contributed by atoms with E-state index in [1.807, 2.05) is 38.2 Å². The summed E-state index contributed by atoms with van der Waals surface area (Å²) in [6.45, 7) is 5.44. The molecule has 0 aliphatic carbocycles. The molecular weight excluding hydrogens is 254 g/mol. The predicted octanol–water partition coefficient (Wildman–Crippen LogP) is 2.60. The quantitative estimate of drug-likeness (QED) is 0.647. The maximum absolute atomic E-state index is 9.48. The topological polar surface area (TPSA) is 50.7 Å². The van der Waals surface area contributed by atoms with Gasteiger partial charge in [0.05, 0.1) is 19.8 Å². The van der Waals surface area contributed by atoms with Crippen molar-refractivity contribution in [3.63, 3.8) is 0 Å². The number of aliphatic hydroxyl groups excluding tert-OH is 1. The molecule has 0 aromatic heterocycles. The fraction of sp³-hybridized carbons (Fsp3) is 0.625. The van der Waals surface area contributed by atoms with E-state index in [2.05, 4.69) is 12.2 Å². The Morgan fingerprint density at radius 1 is 1.15 bits per heavy atom. The van der Waals surface area contributed by atoms with Crippen LogP contribution in [-0.4, -0.2) is 37.5 Å². The Morgan fingerprint density at radius 2 is 1.80 bits per heavy atom. The van der Waals surface area contributed by atoms with Gasteiger partial charge in [0, 0.05) is 5.54 Å². The molecule has 0 amide bonds. The summed E-state index contributed by atoms with van der Waals surface area (Å²) in [5.41, 5.74) is -0.192. The van der Waals surface area contributed by atoms with Gasteiger partial charge in [-0.15, -0.1) is 0 Å². The van der Waals surface area contributed by atoms with Gasteiger partial charge in [0.2, 0.25) is 0 Å². The zero-order chi connectivity index (χ0) is 14.8. The second-order valence-corrected chi connectivity index (χ2v) is 4.87. The van der Waals surface area contributed by atoms with Gasteiger partial charge >= 0.3 is 0 Å². The first-order chi connectivity index (χ1) is 9.71. The SMILES string of the molecule is CCOc1ccccc1OCCCC(CC)(CO)NC. The number of ether oxygens (including phenoxy) is 2. The third kappa shape index (κ3) is 4.69. The lowest BCUT2D eigenvalue weighted by Crippen LogP contribution is -2.46. The van der Waals surface area contributed by atoms with Crippen molar-refractivity contribution in [1.82, 2.24) is 5.32 Å². The molecule has 2 N–H and O–H groups in total. The molecule has 1 rings (SSSR count). The maximum atomic E-state index is 9.48. The van der Waals surface area contributed by atoms with Crippen molar-refractivity contribution in [2.24, 2.45) is 0 Å². The molecule has 114 valence electrons. The molecule has 0 aliphatic heterocycles. The normalized spacial score (nSPS) is 13.8. The summed E-state index contributed by atoms with van der Waals surface area (Å²) >= 11 is 0. The lowest BCUT2D eigenvalue weighted by molar-refractivity contribution is 0.144.